The number of anilines is 1. The fraction of sp³-hybridized carbons (Fsp3) is 0.182. The molecular weight excluding hydrogens is 194 g/mol. The maximum Gasteiger partial charge on any atom is 0.438 e. The van der Waals surface area contributed by atoms with Crippen molar-refractivity contribution in [3.8, 4) is 12.3 Å². The lowest BCUT2D eigenvalue weighted by Crippen LogP contribution is -2.31. The summed E-state index contributed by atoms with van der Waals surface area (Å²) in [6.45, 7) is 0.00396. The van der Waals surface area contributed by atoms with E-state index in [9.17, 15) is 4.79 Å². The maximum absolute atomic E-state index is 11.3. The van der Waals surface area contributed by atoms with Crippen molar-refractivity contribution in [2.45, 2.75) is 0 Å². The number of hydrogen-bond acceptors (Lipinski definition) is 3. The number of ether oxygens (including phenoxy) is 1. The molecule has 4 nitrogen and oxygen atoms in total. The molecular formula is C11H11NO3. The molecule has 0 spiro atoms. The molecule has 4 heteroatoms. The Bertz CT molecular complexity index is 356. The molecule has 0 radical (unpaired) electrons. The van der Waals surface area contributed by atoms with Crippen molar-refractivity contribution in [2.24, 2.45) is 0 Å². The number of carbonyl (C=O) groups excluding carboxylic acids is 1. The molecule has 78 valence electrons. The fourth-order valence-corrected chi connectivity index (χ4v) is 0.981. The number of carbonyl (C=O) groups is 1. The number of benzene rings is 1. The van der Waals surface area contributed by atoms with Crippen LogP contribution in [0, 0.1) is 12.3 Å². The standard InChI is InChI=1S/C11H11NO3/c1-3-9-15-12(11(13)14-2)10-7-5-4-6-8-10/h1,4-8H,9H2,2H3. The van der Waals surface area contributed by atoms with E-state index in [4.69, 9.17) is 11.3 Å². The van der Waals surface area contributed by atoms with E-state index in [-0.39, 0.29) is 6.61 Å². The number of hydroxylamine groups is 1. The molecule has 1 aromatic carbocycles. The van der Waals surface area contributed by atoms with E-state index < -0.39 is 6.09 Å². The molecule has 0 heterocycles. The van der Waals surface area contributed by atoms with E-state index in [0.717, 1.165) is 5.06 Å². The molecule has 0 saturated carbocycles. The number of rotatable bonds is 3. The van der Waals surface area contributed by atoms with Crippen LogP contribution >= 0.6 is 0 Å². The van der Waals surface area contributed by atoms with Gasteiger partial charge in [-0.3, -0.25) is 4.84 Å². The third kappa shape index (κ3) is 3.01. The lowest BCUT2D eigenvalue weighted by Gasteiger charge is -2.18. The van der Waals surface area contributed by atoms with Gasteiger partial charge < -0.3 is 4.74 Å². The van der Waals surface area contributed by atoms with Crippen molar-refractivity contribution in [3.63, 3.8) is 0 Å². The minimum Gasteiger partial charge on any atom is -0.451 e. The van der Waals surface area contributed by atoms with Gasteiger partial charge in [-0.25, -0.2) is 4.79 Å². The summed E-state index contributed by atoms with van der Waals surface area (Å²) < 4.78 is 4.56. The smallest absolute Gasteiger partial charge is 0.438 e. The molecule has 1 rings (SSSR count). The number of terminal acetylenes is 1. The quantitative estimate of drug-likeness (QED) is 0.558. The Balaban J connectivity index is 2.82. The van der Waals surface area contributed by atoms with Crippen LogP contribution in [0.4, 0.5) is 10.5 Å². The summed E-state index contributed by atoms with van der Waals surface area (Å²) in [6.07, 6.45) is 4.43. The highest BCUT2D eigenvalue weighted by Gasteiger charge is 2.16. The van der Waals surface area contributed by atoms with Crippen molar-refractivity contribution in [2.75, 3.05) is 18.8 Å². The zero-order valence-corrected chi connectivity index (χ0v) is 8.34. The molecule has 0 bridgehead atoms. The van der Waals surface area contributed by atoms with Crippen molar-refractivity contribution >= 4 is 11.8 Å². The molecule has 0 aliphatic carbocycles. The molecule has 1 amide bonds. The normalized spacial score (nSPS) is 9.07. The van der Waals surface area contributed by atoms with E-state index in [1.165, 1.54) is 7.11 Å². The highest BCUT2D eigenvalue weighted by Crippen LogP contribution is 2.14. The summed E-state index contributed by atoms with van der Waals surface area (Å²) in [5.74, 6) is 2.28. The van der Waals surface area contributed by atoms with Gasteiger partial charge in [0.2, 0.25) is 0 Å². The molecule has 0 unspecified atom stereocenters. The summed E-state index contributed by atoms with van der Waals surface area (Å²) in [7, 11) is 1.28. The number of para-hydroxylation sites is 1. The van der Waals surface area contributed by atoms with Gasteiger partial charge in [0.1, 0.15) is 6.61 Å². The van der Waals surface area contributed by atoms with Crippen LogP contribution in [0.1, 0.15) is 0 Å². The van der Waals surface area contributed by atoms with E-state index in [0.29, 0.717) is 5.69 Å². The first-order valence-corrected chi connectivity index (χ1v) is 4.29. The Morgan fingerprint density at radius 1 is 1.47 bits per heavy atom. The highest BCUT2D eigenvalue weighted by atomic mass is 16.7. The van der Waals surface area contributed by atoms with E-state index >= 15 is 0 Å². The molecule has 0 atom stereocenters. The minimum absolute atomic E-state index is 0.00396. The van der Waals surface area contributed by atoms with Crippen molar-refractivity contribution < 1.29 is 14.4 Å². The van der Waals surface area contributed by atoms with Gasteiger partial charge in [0.05, 0.1) is 12.8 Å². The predicted octanol–water partition coefficient (Wildman–Crippen LogP) is 1.82. The summed E-state index contributed by atoms with van der Waals surface area (Å²) in [6, 6.07) is 8.83. The van der Waals surface area contributed by atoms with Crippen LogP contribution in [0.5, 0.6) is 0 Å². The lowest BCUT2D eigenvalue weighted by atomic mass is 10.3. The Labute approximate surface area is 88.4 Å². The molecule has 1 aromatic rings. The van der Waals surface area contributed by atoms with Crippen molar-refractivity contribution in [1.29, 1.82) is 0 Å². The first kappa shape index (κ1) is 11.1. The number of amides is 1. The molecule has 15 heavy (non-hydrogen) atoms. The molecule has 0 aliphatic rings. The van der Waals surface area contributed by atoms with Gasteiger partial charge in [0, 0.05) is 0 Å². The van der Waals surface area contributed by atoms with Crippen LogP contribution in [0.2, 0.25) is 0 Å². The summed E-state index contributed by atoms with van der Waals surface area (Å²) in [5.41, 5.74) is 0.569. The second-order valence-corrected chi connectivity index (χ2v) is 2.58. The predicted molar refractivity (Wildman–Crippen MR) is 56.1 cm³/mol. The Kier molecular flexibility index (Phi) is 4.20. The summed E-state index contributed by atoms with van der Waals surface area (Å²) >= 11 is 0. The second-order valence-electron chi connectivity index (χ2n) is 2.58. The summed E-state index contributed by atoms with van der Waals surface area (Å²) in [4.78, 5) is 16.4. The average molecular weight is 205 g/mol. The second kappa shape index (κ2) is 5.68. The van der Waals surface area contributed by atoms with Crippen LogP contribution < -0.4 is 5.06 Å². The monoisotopic (exact) mass is 205 g/mol. The van der Waals surface area contributed by atoms with Crippen LogP contribution in [-0.4, -0.2) is 19.8 Å². The van der Waals surface area contributed by atoms with Gasteiger partial charge in [-0.15, -0.1) is 6.42 Å². The van der Waals surface area contributed by atoms with Crippen LogP contribution in [0.15, 0.2) is 30.3 Å². The van der Waals surface area contributed by atoms with Crippen LogP contribution in [-0.2, 0) is 9.57 Å². The van der Waals surface area contributed by atoms with Gasteiger partial charge >= 0.3 is 6.09 Å². The van der Waals surface area contributed by atoms with Crippen molar-refractivity contribution in [3.05, 3.63) is 30.3 Å². The molecule has 0 aromatic heterocycles. The third-order valence-electron chi connectivity index (χ3n) is 1.61. The van der Waals surface area contributed by atoms with Gasteiger partial charge in [-0.2, -0.15) is 5.06 Å². The SMILES string of the molecule is C#CCON(C(=O)OC)c1ccccc1. The maximum atomic E-state index is 11.3. The summed E-state index contributed by atoms with van der Waals surface area (Å²) in [5, 5.41) is 1.01. The van der Waals surface area contributed by atoms with Crippen LogP contribution in [0.3, 0.4) is 0 Å². The lowest BCUT2D eigenvalue weighted by molar-refractivity contribution is 0.102. The van der Waals surface area contributed by atoms with Gasteiger partial charge in [0.25, 0.3) is 0 Å². The Morgan fingerprint density at radius 3 is 2.67 bits per heavy atom. The Morgan fingerprint density at radius 2 is 2.13 bits per heavy atom. The first-order chi connectivity index (χ1) is 7.29. The highest BCUT2D eigenvalue weighted by molar-refractivity contribution is 5.85. The van der Waals surface area contributed by atoms with E-state index in [2.05, 4.69) is 10.7 Å². The van der Waals surface area contributed by atoms with E-state index in [1.54, 1.807) is 24.3 Å². The van der Waals surface area contributed by atoms with E-state index in [1.807, 2.05) is 6.07 Å². The number of methoxy groups -OCH3 is 1. The molecule has 0 fully saturated rings. The van der Waals surface area contributed by atoms with Crippen LogP contribution in [0.25, 0.3) is 0 Å². The number of nitrogens with zero attached hydrogens (tertiary/aromatic N) is 1. The topological polar surface area (TPSA) is 38.8 Å². The zero-order chi connectivity index (χ0) is 11.1. The van der Waals surface area contributed by atoms with Gasteiger partial charge in [0.15, 0.2) is 0 Å². The largest absolute Gasteiger partial charge is 0.451 e. The Hall–Kier alpha value is -1.99. The van der Waals surface area contributed by atoms with Gasteiger partial charge in [-0.1, -0.05) is 24.1 Å². The third-order valence-corrected chi connectivity index (χ3v) is 1.61. The fourth-order valence-electron chi connectivity index (χ4n) is 0.981. The van der Waals surface area contributed by atoms with Gasteiger partial charge in [-0.05, 0) is 12.1 Å². The average Bonchev–Trinajstić information content (AvgIpc) is 2.30. The number of hydrogen-bond donors (Lipinski definition) is 0. The first-order valence-electron chi connectivity index (χ1n) is 4.29. The molecule has 0 N–H and O–H groups in total. The molecule has 0 saturated heterocycles. The minimum atomic E-state index is -0.614. The van der Waals surface area contributed by atoms with Crippen molar-refractivity contribution in [1.82, 2.24) is 0 Å². The zero-order valence-electron chi connectivity index (χ0n) is 8.34. The molecule has 0 aliphatic heterocycles.